The molecule has 0 spiro atoms. The van der Waals surface area contributed by atoms with E-state index in [1.54, 1.807) is 7.11 Å². The number of rotatable bonds is 9. The molecule has 0 unspecified atom stereocenters. The van der Waals surface area contributed by atoms with Gasteiger partial charge >= 0.3 is 0 Å². The van der Waals surface area contributed by atoms with Gasteiger partial charge in [-0.3, -0.25) is 19.9 Å². The van der Waals surface area contributed by atoms with Crippen molar-refractivity contribution in [2.45, 2.75) is 44.2 Å². The number of piperidine rings is 1. The number of benzene rings is 1. The van der Waals surface area contributed by atoms with Gasteiger partial charge in [0.25, 0.3) is 5.91 Å². The average molecular weight is 439 g/mol. The van der Waals surface area contributed by atoms with Crippen molar-refractivity contribution in [3.8, 4) is 11.8 Å². The highest BCUT2D eigenvalue weighted by Gasteiger charge is 2.35. The molecule has 1 aromatic rings. The number of methoxy groups -OCH3 is 1. The summed E-state index contributed by atoms with van der Waals surface area (Å²) in [5.74, 6) is -0.646. The first kappa shape index (κ1) is 23.3. The fraction of sp³-hybridized carbons (Fsp3) is 0.478. The second kappa shape index (κ2) is 10.3. The Morgan fingerprint density at radius 1 is 1.31 bits per heavy atom. The molecule has 32 heavy (non-hydrogen) atoms. The molecule has 0 aromatic heterocycles. The van der Waals surface area contributed by atoms with Crippen LogP contribution in [0.15, 0.2) is 36.0 Å². The van der Waals surface area contributed by atoms with Crippen molar-refractivity contribution >= 4 is 17.6 Å². The monoisotopic (exact) mass is 438 g/mol. The van der Waals surface area contributed by atoms with Crippen molar-refractivity contribution in [1.29, 1.82) is 10.7 Å². The van der Waals surface area contributed by atoms with E-state index >= 15 is 0 Å². The SMILES string of the molecule is COc1ccc(CN2CCC(CC#N)(N/C=C(\C(=N)NC(=O)C3CC3)C(N)=O)CC2)cc1. The number of likely N-dealkylation sites (tertiary alicyclic amines) is 1. The molecule has 1 aromatic carbocycles. The lowest BCUT2D eigenvalue weighted by Crippen LogP contribution is -2.51. The Kier molecular flexibility index (Phi) is 7.49. The van der Waals surface area contributed by atoms with Gasteiger partial charge in [0.2, 0.25) is 5.91 Å². The van der Waals surface area contributed by atoms with Crippen molar-refractivity contribution < 1.29 is 14.3 Å². The summed E-state index contributed by atoms with van der Waals surface area (Å²) in [7, 11) is 1.64. The van der Waals surface area contributed by atoms with E-state index in [0.717, 1.165) is 38.2 Å². The molecular formula is C23H30N6O3. The molecule has 2 aliphatic rings. The van der Waals surface area contributed by atoms with Crippen LogP contribution in [0.1, 0.15) is 37.7 Å². The molecule has 1 saturated heterocycles. The van der Waals surface area contributed by atoms with Crippen LogP contribution in [0.5, 0.6) is 5.75 Å². The molecule has 0 bridgehead atoms. The van der Waals surface area contributed by atoms with E-state index in [-0.39, 0.29) is 29.7 Å². The van der Waals surface area contributed by atoms with Crippen LogP contribution >= 0.6 is 0 Å². The van der Waals surface area contributed by atoms with Gasteiger partial charge < -0.3 is 21.1 Å². The predicted octanol–water partition coefficient (Wildman–Crippen LogP) is 1.41. The van der Waals surface area contributed by atoms with Crippen molar-refractivity contribution in [2.75, 3.05) is 20.2 Å². The summed E-state index contributed by atoms with van der Waals surface area (Å²) in [5, 5.41) is 23.1. The maximum absolute atomic E-state index is 11.9. The third kappa shape index (κ3) is 6.08. The smallest absolute Gasteiger partial charge is 0.253 e. The summed E-state index contributed by atoms with van der Waals surface area (Å²) in [6, 6.07) is 10.2. The molecule has 2 amide bonds. The fourth-order valence-corrected chi connectivity index (χ4v) is 3.78. The predicted molar refractivity (Wildman–Crippen MR) is 119 cm³/mol. The Bertz CT molecular complexity index is 922. The highest BCUT2D eigenvalue weighted by molar-refractivity contribution is 6.22. The Morgan fingerprint density at radius 2 is 1.97 bits per heavy atom. The van der Waals surface area contributed by atoms with Gasteiger partial charge in [-0.25, -0.2) is 0 Å². The molecule has 9 nitrogen and oxygen atoms in total. The van der Waals surface area contributed by atoms with Gasteiger partial charge in [0.15, 0.2) is 0 Å². The number of primary amides is 1. The summed E-state index contributed by atoms with van der Waals surface area (Å²) in [6.45, 7) is 2.35. The molecule has 9 heteroatoms. The first-order valence-corrected chi connectivity index (χ1v) is 10.8. The Hall–Kier alpha value is -3.38. The zero-order valence-corrected chi connectivity index (χ0v) is 18.3. The molecule has 1 aliphatic carbocycles. The maximum Gasteiger partial charge on any atom is 0.253 e. The van der Waals surface area contributed by atoms with Crippen LogP contribution in [-0.2, 0) is 16.1 Å². The van der Waals surface area contributed by atoms with Crippen molar-refractivity contribution in [2.24, 2.45) is 11.7 Å². The summed E-state index contributed by atoms with van der Waals surface area (Å²) in [6.07, 6.45) is 4.63. The summed E-state index contributed by atoms with van der Waals surface area (Å²) >= 11 is 0. The lowest BCUT2D eigenvalue weighted by Gasteiger charge is -2.41. The van der Waals surface area contributed by atoms with E-state index in [0.29, 0.717) is 12.8 Å². The first-order valence-electron chi connectivity index (χ1n) is 10.8. The largest absolute Gasteiger partial charge is 0.497 e. The normalized spacial score (nSPS) is 18.3. The number of ether oxygens (including phenoxy) is 1. The van der Waals surface area contributed by atoms with Crippen molar-refractivity contribution in [3.63, 3.8) is 0 Å². The number of amides is 2. The lowest BCUT2D eigenvalue weighted by molar-refractivity contribution is -0.120. The van der Waals surface area contributed by atoms with Crippen LogP contribution in [0.3, 0.4) is 0 Å². The lowest BCUT2D eigenvalue weighted by atomic mass is 9.84. The van der Waals surface area contributed by atoms with E-state index in [4.69, 9.17) is 15.9 Å². The number of nitrogens with one attached hydrogen (secondary N) is 3. The maximum atomic E-state index is 11.9. The highest BCUT2D eigenvalue weighted by Crippen LogP contribution is 2.29. The molecule has 170 valence electrons. The minimum absolute atomic E-state index is 0.0857. The molecule has 0 radical (unpaired) electrons. The molecule has 1 heterocycles. The van der Waals surface area contributed by atoms with Crippen LogP contribution in [0.25, 0.3) is 0 Å². The van der Waals surface area contributed by atoms with E-state index < -0.39 is 11.4 Å². The number of carbonyl (C=O) groups excluding carboxylic acids is 2. The minimum Gasteiger partial charge on any atom is -0.497 e. The van der Waals surface area contributed by atoms with Gasteiger partial charge in [-0.05, 0) is 43.4 Å². The van der Waals surface area contributed by atoms with Crippen LogP contribution < -0.4 is 21.1 Å². The molecular weight excluding hydrogens is 408 g/mol. The average Bonchev–Trinajstić information content (AvgIpc) is 3.62. The zero-order chi connectivity index (χ0) is 23.1. The summed E-state index contributed by atoms with van der Waals surface area (Å²) in [5.41, 5.74) is 6.01. The third-order valence-electron chi connectivity index (χ3n) is 6.05. The topological polar surface area (TPSA) is 144 Å². The first-order chi connectivity index (χ1) is 15.4. The van der Waals surface area contributed by atoms with Crippen LogP contribution in [0, 0.1) is 22.7 Å². The molecule has 3 rings (SSSR count). The second-order valence-electron chi connectivity index (χ2n) is 8.44. The van der Waals surface area contributed by atoms with Gasteiger partial charge in [-0.2, -0.15) is 5.26 Å². The van der Waals surface area contributed by atoms with Gasteiger partial charge in [0.1, 0.15) is 11.6 Å². The van der Waals surface area contributed by atoms with Gasteiger partial charge in [0.05, 0.1) is 30.7 Å². The van der Waals surface area contributed by atoms with E-state index in [1.165, 1.54) is 11.8 Å². The second-order valence-corrected chi connectivity index (χ2v) is 8.44. The van der Waals surface area contributed by atoms with Gasteiger partial charge in [-0.15, -0.1) is 0 Å². The number of nitrogens with zero attached hydrogens (tertiary/aromatic N) is 2. The molecule has 5 N–H and O–H groups in total. The number of nitrogens with two attached hydrogens (primary N) is 1. The van der Waals surface area contributed by atoms with Gasteiger partial charge in [0, 0.05) is 31.8 Å². The third-order valence-corrected chi connectivity index (χ3v) is 6.05. The van der Waals surface area contributed by atoms with E-state index in [9.17, 15) is 14.9 Å². The van der Waals surface area contributed by atoms with E-state index in [2.05, 4.69) is 21.6 Å². The van der Waals surface area contributed by atoms with Crippen LogP contribution in [0.2, 0.25) is 0 Å². The van der Waals surface area contributed by atoms with Crippen molar-refractivity contribution in [3.05, 3.63) is 41.6 Å². The number of hydrogen-bond donors (Lipinski definition) is 4. The quantitative estimate of drug-likeness (QED) is 0.261. The molecule has 1 saturated carbocycles. The number of amidine groups is 1. The Balaban J connectivity index is 1.61. The number of nitriles is 1. The Morgan fingerprint density at radius 3 is 2.50 bits per heavy atom. The molecule has 0 atom stereocenters. The van der Waals surface area contributed by atoms with Crippen molar-refractivity contribution in [1.82, 2.24) is 15.5 Å². The van der Waals surface area contributed by atoms with E-state index in [1.807, 2.05) is 24.3 Å². The summed E-state index contributed by atoms with van der Waals surface area (Å²) < 4.78 is 5.20. The van der Waals surface area contributed by atoms with Gasteiger partial charge in [-0.1, -0.05) is 12.1 Å². The summed E-state index contributed by atoms with van der Waals surface area (Å²) in [4.78, 5) is 26.1. The highest BCUT2D eigenvalue weighted by atomic mass is 16.5. The number of carbonyl (C=O) groups is 2. The zero-order valence-electron chi connectivity index (χ0n) is 18.3. The van der Waals surface area contributed by atoms with Crippen LogP contribution in [-0.4, -0.2) is 48.3 Å². The molecule has 1 aliphatic heterocycles. The minimum atomic E-state index is -0.803. The molecule has 2 fully saturated rings. The number of hydrogen-bond acceptors (Lipinski definition) is 7. The fourth-order valence-electron chi connectivity index (χ4n) is 3.78. The standard InChI is InChI=1S/C23H30N6O3/c1-32-18-6-2-16(3-7-18)15-29-12-9-23(8-11-24,10-13-29)27-14-19(21(26)30)20(25)28-22(31)17-4-5-17/h2-3,6-7,14,17,27H,4-5,8-10,12-13,15H2,1H3,(H2,26,30)(H2,25,28,31)/b19-14+. The van der Waals surface area contributed by atoms with Crippen LogP contribution in [0.4, 0.5) is 0 Å². The Labute approximate surface area is 188 Å².